The van der Waals surface area contributed by atoms with Gasteiger partial charge in [0.2, 0.25) is 43.7 Å². The number of piperazine rings is 2. The van der Waals surface area contributed by atoms with Gasteiger partial charge in [-0.3, -0.25) is 48.0 Å². The number of likely N-dealkylation sites (N-methyl/N-ethyl adjacent to an activating group) is 1. The van der Waals surface area contributed by atoms with Gasteiger partial charge in [0, 0.05) is 83.6 Å². The van der Waals surface area contributed by atoms with Gasteiger partial charge in [0.05, 0.1) is 88.2 Å². The second kappa shape index (κ2) is 30.7. The maximum Gasteiger partial charge on any atom is 0.411 e. The van der Waals surface area contributed by atoms with Crippen molar-refractivity contribution in [1.82, 2.24) is 49.0 Å². The molecule has 30 heteroatoms. The van der Waals surface area contributed by atoms with Crippen molar-refractivity contribution in [2.75, 3.05) is 34.4 Å². The van der Waals surface area contributed by atoms with Gasteiger partial charge in [0.25, 0.3) is 0 Å². The van der Waals surface area contributed by atoms with Crippen molar-refractivity contribution in [1.29, 1.82) is 0 Å². The van der Waals surface area contributed by atoms with Crippen molar-refractivity contribution in [3.05, 3.63) is 95.0 Å². The predicted octanol–water partition coefficient (Wildman–Crippen LogP) is 11.8. The summed E-state index contributed by atoms with van der Waals surface area (Å²) < 4.78 is 86.8. The van der Waals surface area contributed by atoms with E-state index < -0.39 is 131 Å². The number of allylic oxidation sites excluding steroid dienone is 2. The highest BCUT2D eigenvalue weighted by Gasteiger charge is 2.65. The summed E-state index contributed by atoms with van der Waals surface area (Å²) >= 11 is 2.98. The van der Waals surface area contributed by atoms with Crippen LogP contribution < -0.4 is 28.4 Å². The molecule has 12 atom stereocenters. The molecule has 6 aromatic rings. The zero-order chi connectivity index (χ0) is 81.1. The lowest BCUT2D eigenvalue weighted by molar-refractivity contribution is -0.152. The third-order valence-electron chi connectivity index (χ3n) is 23.5. The summed E-state index contributed by atoms with van der Waals surface area (Å²) in [5, 5.41) is 5.74. The minimum Gasteiger partial charge on any atom is -0.496 e. The lowest BCUT2D eigenvalue weighted by atomic mass is 9.91. The molecular weight excluding hydrogens is 1510 g/mol. The first-order chi connectivity index (χ1) is 52.8. The van der Waals surface area contributed by atoms with Crippen molar-refractivity contribution in [3.63, 3.8) is 0 Å². The van der Waals surface area contributed by atoms with Crippen molar-refractivity contribution in [3.8, 4) is 44.4 Å². The highest BCUT2D eigenvalue weighted by atomic mass is 32.2. The molecule has 2 N–H and O–H groups in total. The van der Waals surface area contributed by atoms with Gasteiger partial charge in [-0.25, -0.2) is 41.6 Å². The molecule has 0 radical (unpaired) electrons. The van der Waals surface area contributed by atoms with Crippen molar-refractivity contribution in [2.24, 2.45) is 34.5 Å². The van der Waals surface area contributed by atoms with Gasteiger partial charge in [-0.2, -0.15) is 0 Å². The molecular formula is C82H104N10O16S4. The number of carbonyl (C=O) groups is 7. The highest BCUT2D eigenvalue weighted by Crippen LogP contribution is 2.59. The number of amides is 5. The Bertz CT molecular complexity index is 5020. The fraction of sp³-hybridized carbons (Fsp3) is 0.573. The smallest absolute Gasteiger partial charge is 0.411 e. The molecule has 4 aliphatic heterocycles. The summed E-state index contributed by atoms with van der Waals surface area (Å²) in [6, 6.07) is 6.69. The predicted molar refractivity (Wildman–Crippen MR) is 427 cm³/mol. The van der Waals surface area contributed by atoms with Crippen LogP contribution in [0.25, 0.3) is 43.2 Å². The van der Waals surface area contributed by atoms with Crippen molar-refractivity contribution < 1.29 is 74.1 Å². The standard InChI is InChI=1S/C43H55N5O9S2.C39H49N5O7S2/c1-11-25-18-43(25,40(51)46-59(53,54)26-12-13-26)19-32(49)30-17-35(31-20-47(41(52)57-42(7,8)9)37(23(4)5)39(50)48(30)31)56-34-16-28(38-45-29(21-58-38)22(2)3)44-36-24(6)33(55-10)15-14-27(34)36;1-9-23-16-39(23,38(47)42-53(48,49)24-10-11-24)17-30(45)28-15-33(29-18-43(7)35(21(4)5)37(46)44(28)29)51-32-14-26(36-41-27(19-52-36)20(2)3)40-34-22(6)31(50-8)13-12-25(32)34/h11,14-16,21-23,25-26,30-31,35,37H,1,12-13,17-20H2,2-10H3,(H,46,51);9,12-14,19-21,23-24,28-29,33,35H,1,10-11,15-18H2,2-8H3,(H,42,47)/t25-,30+,31-,35-,37-,43-;23-,28+,29-,33-,35-,39-/m11/s1. The number of Topliss-reactive ketones (excluding diaryl/α,β-unsaturated/α-hetero) is 2. The maximum atomic E-state index is 14.8. The van der Waals surface area contributed by atoms with E-state index in [0.717, 1.165) is 32.9 Å². The third kappa shape index (κ3) is 15.6. The number of methoxy groups -OCH3 is 2. The van der Waals surface area contributed by atoms with E-state index >= 15 is 0 Å². The normalized spacial score (nSPS) is 26.4. The minimum atomic E-state index is -3.88. The van der Waals surface area contributed by atoms with Crippen LogP contribution in [0.5, 0.6) is 23.0 Å². The summed E-state index contributed by atoms with van der Waals surface area (Å²) in [5.41, 5.74) is 2.72. The van der Waals surface area contributed by atoms with Gasteiger partial charge >= 0.3 is 6.09 Å². The quantitative estimate of drug-likeness (QED) is 0.0476. The highest BCUT2D eigenvalue weighted by molar-refractivity contribution is 7.91. The number of pyridine rings is 2. The van der Waals surface area contributed by atoms with E-state index in [1.807, 2.05) is 101 Å². The summed E-state index contributed by atoms with van der Waals surface area (Å²) in [7, 11) is -2.56. The summed E-state index contributed by atoms with van der Waals surface area (Å²) in [6.07, 6.45) is 3.50. The molecule has 0 unspecified atom stereocenters. The Morgan fingerprint density at radius 3 is 1.36 bits per heavy atom. The Kier molecular flexibility index (Phi) is 22.4. The molecule has 8 heterocycles. The number of hydrogen-bond acceptors (Lipinski definition) is 23. The van der Waals surface area contributed by atoms with Gasteiger partial charge < -0.3 is 33.5 Å². The number of nitrogens with zero attached hydrogens (tertiary/aromatic N) is 8. The van der Waals surface area contributed by atoms with Crippen LogP contribution in [0, 0.1) is 48.3 Å². The zero-order valence-electron chi connectivity index (χ0n) is 66.7. The number of ketones is 2. The van der Waals surface area contributed by atoms with E-state index in [1.165, 1.54) is 27.6 Å². The van der Waals surface area contributed by atoms with Crippen molar-refractivity contribution >= 4 is 106 Å². The maximum absolute atomic E-state index is 14.8. The molecule has 8 aliphatic rings. The lowest BCUT2D eigenvalue weighted by Gasteiger charge is -2.46. The average molecular weight is 1610 g/mol. The topological polar surface area (TPSA) is 322 Å². The van der Waals surface area contributed by atoms with Crippen LogP contribution >= 0.6 is 22.7 Å². The first kappa shape index (κ1) is 81.6. The molecule has 4 aromatic heterocycles. The molecule has 4 saturated heterocycles. The number of nitrogens with one attached hydrogen (secondary N) is 2. The van der Waals surface area contributed by atoms with Crippen LogP contribution in [0.2, 0.25) is 0 Å². The number of hydrogen-bond donors (Lipinski definition) is 2. The fourth-order valence-electron chi connectivity index (χ4n) is 16.9. The summed E-state index contributed by atoms with van der Waals surface area (Å²) in [6.45, 7) is 33.3. The molecule has 26 nitrogen and oxygen atoms in total. The molecule has 8 fully saturated rings. The van der Waals surface area contributed by atoms with E-state index in [4.69, 9.17) is 43.6 Å². The van der Waals surface area contributed by atoms with Crippen LogP contribution in [-0.2, 0) is 53.6 Å². The van der Waals surface area contributed by atoms with Crippen LogP contribution in [0.15, 0.2) is 72.5 Å². The number of thiazole rings is 2. The summed E-state index contributed by atoms with van der Waals surface area (Å²) in [4.78, 5) is 126. The Morgan fingerprint density at radius 1 is 0.607 bits per heavy atom. The first-order valence-corrected chi connectivity index (χ1v) is 43.6. The van der Waals surface area contributed by atoms with Crippen LogP contribution in [0.3, 0.4) is 0 Å². The fourth-order valence-corrected chi connectivity index (χ4v) is 21.5. The number of aryl methyl sites for hydroxylation is 2. The van der Waals surface area contributed by atoms with Gasteiger partial charge in [0.1, 0.15) is 68.3 Å². The van der Waals surface area contributed by atoms with E-state index in [9.17, 15) is 50.4 Å². The van der Waals surface area contributed by atoms with Gasteiger partial charge in [-0.1, -0.05) is 67.5 Å². The molecule has 4 aliphatic carbocycles. The molecule has 602 valence electrons. The molecule has 4 saturated carbocycles. The Balaban J connectivity index is 0.000000197. The number of carbonyl (C=O) groups excluding carboxylic acids is 7. The van der Waals surface area contributed by atoms with E-state index in [1.54, 1.807) is 56.9 Å². The molecule has 14 rings (SSSR count). The van der Waals surface area contributed by atoms with E-state index in [-0.39, 0.29) is 79.9 Å². The van der Waals surface area contributed by atoms with Crippen LogP contribution in [0.1, 0.15) is 175 Å². The van der Waals surface area contributed by atoms with Crippen molar-refractivity contribution in [2.45, 2.75) is 231 Å². The number of sulfonamides is 2. The van der Waals surface area contributed by atoms with E-state index in [2.05, 4.69) is 50.3 Å². The molecule has 2 aromatic carbocycles. The van der Waals surface area contributed by atoms with Gasteiger partial charge in [0.15, 0.2) is 11.6 Å². The minimum absolute atomic E-state index is 0.0128. The Hall–Kier alpha value is -8.45. The number of benzene rings is 2. The number of rotatable bonds is 26. The van der Waals surface area contributed by atoms with Gasteiger partial charge in [-0.15, -0.1) is 35.8 Å². The second-order valence-corrected chi connectivity index (χ2v) is 39.6. The second-order valence-electron chi connectivity index (χ2n) is 34.0. The van der Waals surface area contributed by atoms with Crippen LogP contribution in [0.4, 0.5) is 4.79 Å². The zero-order valence-corrected chi connectivity index (χ0v) is 69.9. The average Bonchev–Trinajstić information content (AvgIpc) is 1.60. The van der Waals surface area contributed by atoms with Gasteiger partial charge in [-0.05, 0) is 140 Å². The SMILES string of the molecule is C=C[C@@H]1C[C@]1(CC(=O)[C@@H]1C[C@@H](Oc2cc(-c3nc(C(C)C)cs3)nc3c(C)c(OC)ccc23)[C@H]2CN(C(=O)OC(C)(C)C)[C@H](C(C)C)C(=O)N21)C(=O)NS(=O)(=O)C1CC1.C=C[C@@H]1C[C@]1(CC(=O)[C@@H]1C[C@@H](Oc2cc(-c3nc(C(C)C)cs3)nc3c(C)c(OC)ccc23)[C@H]2CN(C)[C@H](C(C)C)C(=O)N21)C(=O)NS(=O)(=O)C1CC1. The third-order valence-corrected chi connectivity index (χ3v) is 29.0. The summed E-state index contributed by atoms with van der Waals surface area (Å²) in [5.74, 6) is -0.985. The number of aromatic nitrogens is 4. The molecule has 112 heavy (non-hydrogen) atoms. The Labute approximate surface area is 663 Å². The van der Waals surface area contributed by atoms with E-state index in [0.29, 0.717) is 94.5 Å². The largest absolute Gasteiger partial charge is 0.496 e. The van der Waals surface area contributed by atoms with Crippen LogP contribution in [-0.4, -0.2) is 197 Å². The first-order valence-electron chi connectivity index (χ1n) is 38.8. The lowest BCUT2D eigenvalue weighted by Crippen LogP contribution is -2.66. The Morgan fingerprint density at radius 2 is 1.01 bits per heavy atom. The molecule has 5 amide bonds. The number of ether oxygens (including phenoxy) is 5. The monoisotopic (exact) mass is 1610 g/mol. The molecule has 0 bridgehead atoms. The molecule has 0 spiro atoms. The number of fused-ring (bicyclic) bond motifs is 4.